The standard InChI is InChI=1S/C19H17N5O2/c1-13-7-8-17-21-15(12-24(17)11-13)19(25)20-10-18-22-16(23-26-18)9-14-5-3-2-4-6-14/h2-8,11-12H,9-10H2,1H3,(H,20,25). The molecule has 7 heteroatoms. The molecule has 0 unspecified atom stereocenters. The molecular weight excluding hydrogens is 330 g/mol. The number of nitrogens with one attached hydrogen (secondary N) is 1. The molecule has 4 rings (SSSR count). The van der Waals surface area contributed by atoms with Crippen molar-refractivity contribution in [3.63, 3.8) is 0 Å². The highest BCUT2D eigenvalue weighted by Crippen LogP contribution is 2.09. The van der Waals surface area contributed by atoms with Crippen LogP contribution in [0, 0.1) is 6.92 Å². The summed E-state index contributed by atoms with van der Waals surface area (Å²) in [6.45, 7) is 2.15. The van der Waals surface area contributed by atoms with Gasteiger partial charge in [0.2, 0.25) is 5.89 Å². The molecule has 130 valence electrons. The summed E-state index contributed by atoms with van der Waals surface area (Å²) in [4.78, 5) is 20.9. The predicted octanol–water partition coefficient (Wildman–Crippen LogP) is 2.55. The number of hydrogen-bond acceptors (Lipinski definition) is 5. The molecule has 0 spiro atoms. The van der Waals surface area contributed by atoms with Gasteiger partial charge >= 0.3 is 0 Å². The molecule has 0 bridgehead atoms. The zero-order valence-corrected chi connectivity index (χ0v) is 14.2. The molecule has 7 nitrogen and oxygen atoms in total. The van der Waals surface area contributed by atoms with Crippen LogP contribution < -0.4 is 5.32 Å². The van der Waals surface area contributed by atoms with Crippen molar-refractivity contribution >= 4 is 11.6 Å². The molecule has 26 heavy (non-hydrogen) atoms. The second-order valence-electron chi connectivity index (χ2n) is 6.05. The Morgan fingerprint density at radius 1 is 1.12 bits per heavy atom. The van der Waals surface area contributed by atoms with E-state index in [1.54, 1.807) is 6.20 Å². The first-order chi connectivity index (χ1) is 12.7. The summed E-state index contributed by atoms with van der Waals surface area (Å²) in [5, 5.41) is 6.71. The van der Waals surface area contributed by atoms with Crippen LogP contribution in [-0.4, -0.2) is 25.4 Å². The lowest BCUT2D eigenvalue weighted by atomic mass is 10.1. The van der Waals surface area contributed by atoms with Gasteiger partial charge in [0, 0.05) is 18.8 Å². The van der Waals surface area contributed by atoms with Crippen LogP contribution in [0.5, 0.6) is 0 Å². The lowest BCUT2D eigenvalue weighted by Gasteiger charge is -1.98. The molecule has 0 aliphatic rings. The molecule has 0 saturated carbocycles. The van der Waals surface area contributed by atoms with Gasteiger partial charge in [-0.05, 0) is 24.1 Å². The van der Waals surface area contributed by atoms with Crippen LogP contribution in [-0.2, 0) is 13.0 Å². The smallest absolute Gasteiger partial charge is 0.271 e. The molecular formula is C19H17N5O2. The van der Waals surface area contributed by atoms with Gasteiger partial charge in [0.05, 0.1) is 6.54 Å². The van der Waals surface area contributed by atoms with Crippen molar-refractivity contribution in [1.29, 1.82) is 0 Å². The zero-order chi connectivity index (χ0) is 17.9. The van der Waals surface area contributed by atoms with Gasteiger partial charge < -0.3 is 14.2 Å². The monoisotopic (exact) mass is 347 g/mol. The second-order valence-corrected chi connectivity index (χ2v) is 6.05. The molecule has 0 radical (unpaired) electrons. The number of aromatic nitrogens is 4. The van der Waals surface area contributed by atoms with Crippen molar-refractivity contribution in [1.82, 2.24) is 24.8 Å². The predicted molar refractivity (Wildman–Crippen MR) is 94.6 cm³/mol. The molecule has 1 aromatic carbocycles. The average molecular weight is 347 g/mol. The average Bonchev–Trinajstić information content (AvgIpc) is 3.27. The third-order valence-electron chi connectivity index (χ3n) is 3.95. The summed E-state index contributed by atoms with van der Waals surface area (Å²) >= 11 is 0. The molecule has 0 saturated heterocycles. The highest BCUT2D eigenvalue weighted by molar-refractivity contribution is 5.92. The van der Waals surface area contributed by atoms with E-state index >= 15 is 0 Å². The fraction of sp³-hybridized carbons (Fsp3) is 0.158. The number of carbonyl (C=O) groups is 1. The van der Waals surface area contributed by atoms with Gasteiger partial charge in [-0.15, -0.1) is 0 Å². The SMILES string of the molecule is Cc1ccc2nc(C(=O)NCc3nc(Cc4ccccc4)no3)cn2c1. The third kappa shape index (κ3) is 3.46. The van der Waals surface area contributed by atoms with E-state index in [0.717, 1.165) is 16.8 Å². The Hall–Kier alpha value is -3.48. The molecule has 0 atom stereocenters. The highest BCUT2D eigenvalue weighted by Gasteiger charge is 2.13. The fourth-order valence-electron chi connectivity index (χ4n) is 2.67. The third-order valence-corrected chi connectivity index (χ3v) is 3.95. The van der Waals surface area contributed by atoms with E-state index in [0.29, 0.717) is 23.8 Å². The van der Waals surface area contributed by atoms with Crippen LogP contribution in [0.4, 0.5) is 0 Å². The minimum atomic E-state index is -0.283. The van der Waals surface area contributed by atoms with Crippen molar-refractivity contribution in [2.75, 3.05) is 0 Å². The Kier molecular flexibility index (Phi) is 4.18. The van der Waals surface area contributed by atoms with Crippen LogP contribution in [0.15, 0.2) is 59.4 Å². The molecule has 4 aromatic rings. The summed E-state index contributed by atoms with van der Waals surface area (Å²) in [6, 6.07) is 13.7. The number of benzene rings is 1. The van der Waals surface area contributed by atoms with Crippen molar-refractivity contribution in [2.24, 2.45) is 0 Å². The van der Waals surface area contributed by atoms with Gasteiger partial charge in [-0.2, -0.15) is 4.98 Å². The van der Waals surface area contributed by atoms with E-state index in [-0.39, 0.29) is 12.5 Å². The van der Waals surface area contributed by atoms with Crippen LogP contribution in [0.2, 0.25) is 0 Å². The first-order valence-electron chi connectivity index (χ1n) is 8.26. The molecule has 3 aromatic heterocycles. The number of imidazole rings is 1. The Bertz CT molecular complexity index is 1050. The van der Waals surface area contributed by atoms with Gasteiger partial charge in [0.15, 0.2) is 5.82 Å². The Labute approximate surface area is 149 Å². The number of amides is 1. The Balaban J connectivity index is 1.39. The van der Waals surface area contributed by atoms with Crippen molar-refractivity contribution in [3.8, 4) is 0 Å². The van der Waals surface area contributed by atoms with Gasteiger partial charge in [0.1, 0.15) is 11.3 Å². The Morgan fingerprint density at radius 2 is 1.96 bits per heavy atom. The van der Waals surface area contributed by atoms with Crippen molar-refractivity contribution in [3.05, 3.63) is 83.4 Å². The van der Waals surface area contributed by atoms with Gasteiger partial charge in [0.25, 0.3) is 5.91 Å². The van der Waals surface area contributed by atoms with E-state index < -0.39 is 0 Å². The lowest BCUT2D eigenvalue weighted by molar-refractivity contribution is 0.0942. The first-order valence-corrected chi connectivity index (χ1v) is 8.26. The summed E-state index contributed by atoms with van der Waals surface area (Å²) in [5.74, 6) is 0.668. The molecule has 3 heterocycles. The minimum absolute atomic E-state index is 0.160. The molecule has 0 aliphatic carbocycles. The minimum Gasteiger partial charge on any atom is -0.342 e. The summed E-state index contributed by atoms with van der Waals surface area (Å²) in [5.41, 5.74) is 3.27. The van der Waals surface area contributed by atoms with E-state index in [9.17, 15) is 4.79 Å². The summed E-state index contributed by atoms with van der Waals surface area (Å²) in [7, 11) is 0. The van der Waals surface area contributed by atoms with Crippen LogP contribution in [0.3, 0.4) is 0 Å². The summed E-state index contributed by atoms with van der Waals surface area (Å²) < 4.78 is 7.02. The number of aryl methyl sites for hydroxylation is 1. The van der Waals surface area contributed by atoms with E-state index in [1.165, 1.54) is 0 Å². The maximum atomic E-state index is 12.3. The van der Waals surface area contributed by atoms with E-state index in [1.807, 2.05) is 60.0 Å². The van der Waals surface area contributed by atoms with Crippen LogP contribution >= 0.6 is 0 Å². The van der Waals surface area contributed by atoms with Crippen molar-refractivity contribution in [2.45, 2.75) is 19.9 Å². The second kappa shape index (κ2) is 6.79. The van der Waals surface area contributed by atoms with Gasteiger partial charge in [-0.3, -0.25) is 4.79 Å². The first kappa shape index (κ1) is 16.0. The fourth-order valence-corrected chi connectivity index (χ4v) is 2.67. The maximum absolute atomic E-state index is 12.3. The maximum Gasteiger partial charge on any atom is 0.271 e. The van der Waals surface area contributed by atoms with Gasteiger partial charge in [-0.25, -0.2) is 4.98 Å². The molecule has 1 amide bonds. The van der Waals surface area contributed by atoms with Crippen molar-refractivity contribution < 1.29 is 9.32 Å². The molecule has 0 fully saturated rings. The largest absolute Gasteiger partial charge is 0.342 e. The number of hydrogen-bond donors (Lipinski definition) is 1. The highest BCUT2D eigenvalue weighted by atomic mass is 16.5. The van der Waals surface area contributed by atoms with E-state index in [4.69, 9.17) is 4.52 Å². The molecule has 0 aliphatic heterocycles. The van der Waals surface area contributed by atoms with E-state index in [2.05, 4.69) is 20.4 Å². The van der Waals surface area contributed by atoms with Crippen LogP contribution in [0.25, 0.3) is 5.65 Å². The Morgan fingerprint density at radius 3 is 2.81 bits per heavy atom. The number of nitrogens with zero attached hydrogens (tertiary/aromatic N) is 4. The summed E-state index contributed by atoms with van der Waals surface area (Å²) in [6.07, 6.45) is 4.21. The number of rotatable bonds is 5. The molecule has 1 N–H and O–H groups in total. The topological polar surface area (TPSA) is 85.3 Å². The number of carbonyl (C=O) groups excluding carboxylic acids is 1. The number of pyridine rings is 1. The quantitative estimate of drug-likeness (QED) is 0.600. The normalized spacial score (nSPS) is 11.0. The lowest BCUT2D eigenvalue weighted by Crippen LogP contribution is -2.23. The zero-order valence-electron chi connectivity index (χ0n) is 14.2. The number of fused-ring (bicyclic) bond motifs is 1. The van der Waals surface area contributed by atoms with Crippen LogP contribution in [0.1, 0.15) is 33.3 Å². The van der Waals surface area contributed by atoms with Gasteiger partial charge in [-0.1, -0.05) is 41.6 Å².